The molecule has 4 amide bonds. The molecule has 0 saturated carbocycles. The molecule has 0 unspecified atom stereocenters. The van der Waals surface area contributed by atoms with Crippen LogP contribution in [0.4, 0.5) is 69.3 Å². The molecular weight excluding hydrogens is 1810 g/mol. The van der Waals surface area contributed by atoms with Crippen LogP contribution in [-0.4, -0.2) is 309 Å². The van der Waals surface area contributed by atoms with E-state index in [-0.39, 0.29) is 60.8 Å². The van der Waals surface area contributed by atoms with Crippen molar-refractivity contribution in [2.24, 2.45) is 0 Å². The summed E-state index contributed by atoms with van der Waals surface area (Å²) in [5.41, 5.74) is 22.0. The van der Waals surface area contributed by atoms with E-state index >= 15 is 0 Å². The Morgan fingerprint density at radius 3 is 0.930 bits per heavy atom. The number of benzene rings is 4. The van der Waals surface area contributed by atoms with Crippen molar-refractivity contribution in [2.45, 2.75) is 44.2 Å². The van der Waals surface area contributed by atoms with Crippen LogP contribution in [0.1, 0.15) is 72.3 Å². The lowest BCUT2D eigenvalue weighted by molar-refractivity contribution is -0.0566. The molecule has 2 fully saturated rings. The summed E-state index contributed by atoms with van der Waals surface area (Å²) in [7, 11) is 24.2. The topological polar surface area (TPSA) is 393 Å². The molecule has 0 aliphatic carbocycles. The second kappa shape index (κ2) is 45.9. The predicted molar refractivity (Wildman–Crippen MR) is 552 cm³/mol. The number of aromatic amines is 4. The van der Waals surface area contributed by atoms with Crippen molar-refractivity contribution >= 4 is 119 Å². The minimum atomic E-state index is -2.63. The van der Waals surface area contributed by atoms with Gasteiger partial charge in [-0.3, -0.25) is 69.3 Å². The number of rotatable bonds is 32. The lowest BCUT2D eigenvalue weighted by atomic mass is 10.0. The Balaban J connectivity index is 0.000000144. The summed E-state index contributed by atoms with van der Waals surface area (Å²) in [5.74, 6) is -3.15. The van der Waals surface area contributed by atoms with Gasteiger partial charge in [0.25, 0.3) is 35.5 Å². The molecule has 2 saturated heterocycles. The molecule has 39 heteroatoms. The van der Waals surface area contributed by atoms with Gasteiger partial charge in [0.1, 0.15) is 23.3 Å². The number of hydrogen-bond donors (Lipinski definition) is 9. The van der Waals surface area contributed by atoms with E-state index in [9.17, 15) is 36.7 Å². The highest BCUT2D eigenvalue weighted by Gasteiger charge is 2.38. The van der Waals surface area contributed by atoms with Crippen molar-refractivity contribution in [2.75, 3.05) is 210 Å². The number of aromatic nitrogens is 16. The van der Waals surface area contributed by atoms with Gasteiger partial charge in [0.05, 0.1) is 81.8 Å². The number of nitrogens with one attached hydrogen (secondary N) is 8. The molecule has 12 aromatic heterocycles. The molecule has 736 valence electrons. The van der Waals surface area contributed by atoms with Crippen molar-refractivity contribution in [3.63, 3.8) is 0 Å². The van der Waals surface area contributed by atoms with E-state index in [4.69, 9.17) is 5.73 Å². The zero-order valence-corrected chi connectivity index (χ0v) is 81.4. The summed E-state index contributed by atoms with van der Waals surface area (Å²) < 4.78 is 54.2. The van der Waals surface area contributed by atoms with E-state index in [1.54, 1.807) is 79.3 Å². The van der Waals surface area contributed by atoms with E-state index in [1.807, 2.05) is 241 Å². The number of H-pyrrole nitrogens is 4. The van der Waals surface area contributed by atoms with Crippen LogP contribution in [0.15, 0.2) is 226 Å². The number of nitrogen functional groups attached to an aromatic ring is 1. The van der Waals surface area contributed by atoms with Crippen LogP contribution in [0.3, 0.4) is 0 Å². The number of piperidine rings is 1. The normalized spacial score (nSPS) is 13.5. The Labute approximate surface area is 819 Å². The third-order valence-electron chi connectivity index (χ3n) is 24.2. The van der Waals surface area contributed by atoms with Gasteiger partial charge < -0.3 is 66.2 Å². The van der Waals surface area contributed by atoms with Crippen LogP contribution >= 0.6 is 0 Å². The number of likely N-dealkylation sites (N-methyl/N-ethyl adjacent to an activating group) is 8. The summed E-state index contributed by atoms with van der Waals surface area (Å²) in [4.78, 5) is 107. The molecule has 4 aromatic carbocycles. The number of carbonyl (C=O) groups excluding carboxylic acids is 4. The quantitative estimate of drug-likeness (QED) is 0.0177. The summed E-state index contributed by atoms with van der Waals surface area (Å²) in [6.07, 6.45) is 20.1. The monoisotopic (exact) mass is 1930 g/mol. The number of nitrogens with zero attached hydrogens (tertiary/aromatic N) is 22. The van der Waals surface area contributed by atoms with Crippen LogP contribution in [0, 0.1) is 0 Å². The lowest BCUT2D eigenvalue weighted by Crippen LogP contribution is -2.38. The summed E-state index contributed by atoms with van der Waals surface area (Å²) >= 11 is 0. The highest BCUT2D eigenvalue weighted by atomic mass is 19.3. The van der Waals surface area contributed by atoms with E-state index in [1.165, 1.54) is 0 Å². The molecule has 0 radical (unpaired) electrons. The Kier molecular flexibility index (Phi) is 32.6. The highest BCUT2D eigenvalue weighted by Crippen LogP contribution is 2.36. The van der Waals surface area contributed by atoms with Crippen LogP contribution in [0.5, 0.6) is 0 Å². The molecule has 35 nitrogen and oxygen atoms in total. The van der Waals surface area contributed by atoms with Gasteiger partial charge in [-0.05, 0) is 211 Å². The van der Waals surface area contributed by atoms with Crippen molar-refractivity contribution < 1.29 is 36.7 Å². The van der Waals surface area contributed by atoms with Gasteiger partial charge in [0.2, 0.25) is 0 Å². The van der Waals surface area contributed by atoms with Gasteiger partial charge in [-0.25, -0.2) is 37.5 Å². The average Bonchev–Trinajstić information content (AvgIpc) is 1.63. The molecule has 142 heavy (non-hydrogen) atoms. The molecule has 0 bridgehead atoms. The van der Waals surface area contributed by atoms with Crippen molar-refractivity contribution in [3.8, 4) is 44.5 Å². The molecule has 2 aliphatic rings. The fourth-order valence-corrected chi connectivity index (χ4v) is 15.9. The SMILES string of the molecule is CN(C)CCN(C)c1ccc(NC(=O)c2n[nH]c3ccc(-c4cccnc4)cc23)cn1.CN(C)CCN(C)c1ccc(NC(=O)c2n[nH]c3ccc(-c4cncc(CN5CCC(F)(F)C5)c4)cc23)cn1.CN(C)CCN(C)c1ccc(NC(=O)c2n[nH]c3ccc(-c4cncc(CN5CCC(F)(F)CC5)c4)cc23)cn1.CN(C)CCN(C)c1ccc(NC(=O)c2n[nH]c3ccc(-c4cncc(N)c4)cc23)cn1. The number of nitrogens with two attached hydrogens (primary N) is 1. The number of likely N-dealkylation sites (tertiary alicyclic amines) is 2. The van der Waals surface area contributed by atoms with Gasteiger partial charge in [0, 0.05) is 226 Å². The van der Waals surface area contributed by atoms with E-state index in [0.717, 1.165) is 164 Å². The first-order valence-corrected chi connectivity index (χ1v) is 46.4. The van der Waals surface area contributed by atoms with Crippen molar-refractivity contribution in [1.82, 2.24) is 110 Å². The first-order chi connectivity index (χ1) is 68.2. The smallest absolute Gasteiger partial charge is 0.276 e. The second-order valence-electron chi connectivity index (χ2n) is 36.5. The molecule has 18 rings (SSSR count). The first kappa shape index (κ1) is 101. The van der Waals surface area contributed by atoms with E-state index < -0.39 is 11.8 Å². The average molecular weight is 1930 g/mol. The molecule has 16 aromatic rings. The number of amides is 4. The Hall–Kier alpha value is -15.7. The number of carbonyl (C=O) groups is 4. The second-order valence-corrected chi connectivity index (χ2v) is 36.5. The zero-order chi connectivity index (χ0) is 100. The summed E-state index contributed by atoms with van der Waals surface area (Å²) in [6, 6.07) is 47.5. The number of fused-ring (bicyclic) bond motifs is 4. The fraction of sp³-hybridized carbons (Fsp3) is 0.301. The Morgan fingerprint density at radius 2 is 0.634 bits per heavy atom. The standard InChI is InChI=1S/C29H34F2N8O.C28H32F2N8O.C23H26N8O.C23H25N7O/c1-37(2)12-13-38(3)26-7-5-23(18-33-26)34-28(40)27-24-15-21(4-6-25(24)35-36-27)22-14-20(16-32-17-22)19-39-10-8-29(30,31)9-11-39;1-36(2)10-11-37(3)25-7-5-22(16-32-25)33-27(39)26-23-13-20(4-6-24(23)34-35-26)21-12-19(14-31-15-21)17-38-9-8-28(29,30)18-38;1-30(2)8-9-31(3)21-7-5-18(14-26-21)27-23(32)22-19-11-15(4-6-20(19)28-29-22)16-10-17(24)13-25-12-16;1-29(2)11-12-30(3)21-9-7-18(15-25-21)26-23(31)22-19-13-16(6-8-20(19)27-28-22)17-5-4-10-24-14-17/h4-7,14-18H,8-13,19H2,1-3H3,(H,34,40)(H,35,36);4-7,12-16H,8-11,17-18H2,1-3H3,(H,33,39)(H,34,35);4-7,10-14H,8-9,24H2,1-3H3,(H,27,32)(H,28,29);4-10,13-15H,11-12H2,1-3H3,(H,26,31)(H,27,28). The molecule has 14 heterocycles. The minimum absolute atomic E-state index is 0.115. The molecular formula is C103H117F4N31O4. The van der Waals surface area contributed by atoms with Crippen molar-refractivity contribution in [3.05, 3.63) is 260 Å². The maximum atomic E-state index is 13.6. The van der Waals surface area contributed by atoms with Crippen LogP contribution in [-0.2, 0) is 13.1 Å². The largest absolute Gasteiger partial charge is 0.397 e. The molecule has 2 aliphatic heterocycles. The Bertz CT molecular complexity index is 6970. The van der Waals surface area contributed by atoms with Crippen LogP contribution in [0.25, 0.3) is 88.1 Å². The van der Waals surface area contributed by atoms with Crippen LogP contribution < -0.4 is 46.6 Å². The number of anilines is 9. The van der Waals surface area contributed by atoms with Gasteiger partial charge in [0.15, 0.2) is 22.8 Å². The fourth-order valence-electron chi connectivity index (χ4n) is 15.9. The van der Waals surface area contributed by atoms with E-state index in [2.05, 4.69) is 141 Å². The van der Waals surface area contributed by atoms with Gasteiger partial charge in [-0.2, -0.15) is 20.4 Å². The number of hydrogen-bond acceptors (Lipinski definition) is 27. The Morgan fingerprint density at radius 1 is 0.331 bits per heavy atom. The van der Waals surface area contributed by atoms with Crippen molar-refractivity contribution in [1.29, 1.82) is 0 Å². The maximum absolute atomic E-state index is 13.6. The van der Waals surface area contributed by atoms with Gasteiger partial charge in [-0.1, -0.05) is 30.3 Å². The number of alkyl halides is 4. The summed E-state index contributed by atoms with van der Waals surface area (Å²) in [5, 5.41) is 43.0. The maximum Gasteiger partial charge on any atom is 0.276 e. The van der Waals surface area contributed by atoms with Crippen LogP contribution in [0.2, 0.25) is 0 Å². The predicted octanol–water partition coefficient (Wildman–Crippen LogP) is 14.7. The third kappa shape index (κ3) is 26.9. The molecule has 0 atom stereocenters. The highest BCUT2D eigenvalue weighted by molar-refractivity contribution is 6.15. The summed E-state index contributed by atoms with van der Waals surface area (Å²) in [6.45, 7) is 8.90. The number of halogens is 4. The van der Waals surface area contributed by atoms with Gasteiger partial charge in [-0.15, -0.1) is 0 Å². The number of pyridine rings is 8. The molecule has 0 spiro atoms. The van der Waals surface area contributed by atoms with E-state index in [0.29, 0.717) is 83.3 Å². The first-order valence-electron chi connectivity index (χ1n) is 46.4. The third-order valence-corrected chi connectivity index (χ3v) is 24.2. The zero-order valence-electron chi connectivity index (χ0n) is 81.4. The van der Waals surface area contributed by atoms with Gasteiger partial charge >= 0.3 is 0 Å². The molecule has 10 N–H and O–H groups in total. The minimum Gasteiger partial charge on any atom is -0.397 e. The lowest BCUT2D eigenvalue weighted by Gasteiger charge is -2.31.